The van der Waals surface area contributed by atoms with E-state index in [1.807, 2.05) is 11.3 Å². The summed E-state index contributed by atoms with van der Waals surface area (Å²) in [6, 6.07) is 24.3. The number of hydrogen-bond donors (Lipinski definition) is 0. The largest absolute Gasteiger partial charge is 0.309 e. The van der Waals surface area contributed by atoms with Crippen molar-refractivity contribution in [3.63, 3.8) is 0 Å². The SMILES string of the molecule is BrC1C=c2sc3cc(-n4c5ccccc5c5ccccc54)ccc3c2=CC1. The minimum absolute atomic E-state index is 0.454. The second-order valence-electron chi connectivity index (χ2n) is 7.05. The van der Waals surface area contributed by atoms with Crippen molar-refractivity contribution in [3.8, 4) is 5.69 Å². The molecule has 1 unspecified atom stereocenters. The predicted molar refractivity (Wildman–Crippen MR) is 122 cm³/mol. The van der Waals surface area contributed by atoms with Gasteiger partial charge in [-0.1, -0.05) is 70.5 Å². The molecule has 0 saturated carbocycles. The molecule has 0 saturated heterocycles. The molecule has 1 aliphatic rings. The van der Waals surface area contributed by atoms with Crippen LogP contribution in [0.3, 0.4) is 0 Å². The van der Waals surface area contributed by atoms with Crippen LogP contribution < -0.4 is 9.75 Å². The molecule has 0 aliphatic heterocycles. The molecule has 6 rings (SSSR count). The molecule has 27 heavy (non-hydrogen) atoms. The van der Waals surface area contributed by atoms with Gasteiger partial charge in [0.1, 0.15) is 0 Å². The zero-order valence-electron chi connectivity index (χ0n) is 14.5. The number of thiophene rings is 1. The van der Waals surface area contributed by atoms with E-state index in [1.54, 1.807) is 0 Å². The molecule has 0 spiro atoms. The summed E-state index contributed by atoms with van der Waals surface area (Å²) in [7, 11) is 0. The minimum atomic E-state index is 0.454. The third kappa shape index (κ3) is 2.28. The third-order valence-electron chi connectivity index (χ3n) is 5.46. The van der Waals surface area contributed by atoms with E-state index in [1.165, 1.54) is 47.3 Å². The Labute approximate surface area is 169 Å². The predicted octanol–water partition coefficient (Wildman–Crippen LogP) is 5.73. The van der Waals surface area contributed by atoms with Crippen LogP contribution in [0.25, 0.3) is 49.7 Å². The number of para-hydroxylation sites is 2. The monoisotopic (exact) mass is 429 g/mol. The number of rotatable bonds is 1. The van der Waals surface area contributed by atoms with Crippen LogP contribution in [-0.4, -0.2) is 9.39 Å². The molecule has 0 N–H and O–H groups in total. The number of nitrogens with zero attached hydrogens (tertiary/aromatic N) is 1. The van der Waals surface area contributed by atoms with Gasteiger partial charge in [0.15, 0.2) is 0 Å². The maximum Gasteiger partial charge on any atom is 0.0541 e. The van der Waals surface area contributed by atoms with Crippen molar-refractivity contribution in [1.82, 2.24) is 4.57 Å². The zero-order valence-corrected chi connectivity index (χ0v) is 16.9. The van der Waals surface area contributed by atoms with Gasteiger partial charge in [-0.3, -0.25) is 0 Å². The van der Waals surface area contributed by atoms with Gasteiger partial charge in [0.25, 0.3) is 0 Å². The smallest absolute Gasteiger partial charge is 0.0541 e. The Balaban J connectivity index is 1.70. The molecule has 1 nitrogen and oxygen atoms in total. The third-order valence-corrected chi connectivity index (χ3v) is 7.23. The van der Waals surface area contributed by atoms with Crippen LogP contribution in [0.2, 0.25) is 0 Å². The van der Waals surface area contributed by atoms with Crippen molar-refractivity contribution >= 4 is 71.3 Å². The fourth-order valence-corrected chi connectivity index (χ4v) is 6.13. The Bertz CT molecular complexity index is 1420. The van der Waals surface area contributed by atoms with Gasteiger partial charge in [0, 0.05) is 35.9 Å². The molecule has 1 aliphatic carbocycles. The Morgan fingerprint density at radius 1 is 0.852 bits per heavy atom. The van der Waals surface area contributed by atoms with E-state index in [0.717, 1.165) is 6.42 Å². The summed E-state index contributed by atoms with van der Waals surface area (Å²) in [5, 5.41) is 5.39. The van der Waals surface area contributed by atoms with Gasteiger partial charge in [-0.2, -0.15) is 0 Å². The molecule has 130 valence electrons. The molecular formula is C24H16BrNS. The summed E-state index contributed by atoms with van der Waals surface area (Å²) >= 11 is 5.63. The van der Waals surface area contributed by atoms with Crippen LogP contribution in [0.15, 0.2) is 66.7 Å². The number of fused-ring (bicyclic) bond motifs is 6. The summed E-state index contributed by atoms with van der Waals surface area (Å²) in [5.41, 5.74) is 3.75. The zero-order chi connectivity index (χ0) is 18.0. The van der Waals surface area contributed by atoms with E-state index >= 15 is 0 Å². The quantitative estimate of drug-likeness (QED) is 0.300. The van der Waals surface area contributed by atoms with Gasteiger partial charge in [-0.15, -0.1) is 11.3 Å². The van der Waals surface area contributed by atoms with Gasteiger partial charge < -0.3 is 4.57 Å². The summed E-state index contributed by atoms with van der Waals surface area (Å²) in [5.74, 6) is 0. The van der Waals surface area contributed by atoms with Gasteiger partial charge in [-0.05, 0) is 35.9 Å². The Morgan fingerprint density at radius 3 is 2.30 bits per heavy atom. The lowest BCUT2D eigenvalue weighted by Crippen LogP contribution is -2.24. The second kappa shape index (κ2) is 5.82. The summed E-state index contributed by atoms with van der Waals surface area (Å²) < 4.78 is 5.13. The summed E-state index contributed by atoms with van der Waals surface area (Å²) in [4.78, 5) is 0.454. The van der Waals surface area contributed by atoms with Crippen molar-refractivity contribution in [1.29, 1.82) is 0 Å². The molecule has 0 fully saturated rings. The van der Waals surface area contributed by atoms with Gasteiger partial charge in [0.05, 0.1) is 11.0 Å². The highest BCUT2D eigenvalue weighted by atomic mass is 79.9. The molecule has 2 heterocycles. The van der Waals surface area contributed by atoms with Crippen molar-refractivity contribution in [2.24, 2.45) is 0 Å². The number of alkyl halides is 1. The highest BCUT2D eigenvalue weighted by molar-refractivity contribution is 9.09. The lowest BCUT2D eigenvalue weighted by Gasteiger charge is -2.08. The van der Waals surface area contributed by atoms with Crippen LogP contribution in [0.4, 0.5) is 0 Å². The highest BCUT2D eigenvalue weighted by Crippen LogP contribution is 2.32. The van der Waals surface area contributed by atoms with Crippen LogP contribution in [0, 0.1) is 0 Å². The van der Waals surface area contributed by atoms with Crippen molar-refractivity contribution < 1.29 is 0 Å². The maximum atomic E-state index is 3.73. The number of benzene rings is 3. The number of hydrogen-bond acceptors (Lipinski definition) is 1. The highest BCUT2D eigenvalue weighted by Gasteiger charge is 2.13. The molecule has 3 heteroatoms. The van der Waals surface area contributed by atoms with Gasteiger partial charge >= 0.3 is 0 Å². The van der Waals surface area contributed by atoms with Crippen LogP contribution in [0.1, 0.15) is 6.42 Å². The maximum absolute atomic E-state index is 3.73. The molecule has 5 aromatic rings. The van der Waals surface area contributed by atoms with Gasteiger partial charge in [-0.25, -0.2) is 0 Å². The normalized spacial score (nSPS) is 16.4. The average Bonchev–Trinajstić information content (AvgIpc) is 3.22. The summed E-state index contributed by atoms with van der Waals surface area (Å²) in [6.07, 6.45) is 5.78. The van der Waals surface area contributed by atoms with E-state index in [4.69, 9.17) is 0 Å². The molecule has 1 atom stereocenters. The Kier molecular flexibility index (Phi) is 3.38. The molecule has 3 aromatic carbocycles. The first-order chi connectivity index (χ1) is 13.3. The van der Waals surface area contributed by atoms with Crippen LogP contribution >= 0.6 is 27.3 Å². The number of halogens is 1. The van der Waals surface area contributed by atoms with Crippen molar-refractivity contribution in [3.05, 3.63) is 76.5 Å². The number of aromatic nitrogens is 1. The molecule has 0 radical (unpaired) electrons. The molecule has 0 bridgehead atoms. The average molecular weight is 430 g/mol. The molecule has 0 amide bonds. The lowest BCUT2D eigenvalue weighted by atomic mass is 10.1. The Morgan fingerprint density at radius 2 is 1.56 bits per heavy atom. The topological polar surface area (TPSA) is 4.93 Å². The van der Waals surface area contributed by atoms with E-state index in [-0.39, 0.29) is 0 Å². The first kappa shape index (κ1) is 15.7. The summed E-state index contributed by atoms with van der Waals surface area (Å²) in [6.45, 7) is 0. The fraction of sp³-hybridized carbons (Fsp3) is 0.0833. The lowest BCUT2D eigenvalue weighted by molar-refractivity contribution is 1.17. The first-order valence-corrected chi connectivity index (χ1v) is 10.9. The molecular weight excluding hydrogens is 414 g/mol. The Hall–Kier alpha value is -2.36. The fourth-order valence-electron chi connectivity index (χ4n) is 4.26. The van der Waals surface area contributed by atoms with Crippen molar-refractivity contribution in [2.45, 2.75) is 11.2 Å². The van der Waals surface area contributed by atoms with Crippen molar-refractivity contribution in [2.75, 3.05) is 0 Å². The minimum Gasteiger partial charge on any atom is -0.309 e. The van der Waals surface area contributed by atoms with E-state index in [0.29, 0.717) is 4.83 Å². The van der Waals surface area contributed by atoms with E-state index < -0.39 is 0 Å². The van der Waals surface area contributed by atoms with Gasteiger partial charge in [0.2, 0.25) is 0 Å². The second-order valence-corrected chi connectivity index (χ2v) is 9.31. The van der Waals surface area contributed by atoms with Crippen LogP contribution in [-0.2, 0) is 0 Å². The standard InChI is InChI=1S/C24H16BrNS/c25-15-9-11-19-20-12-10-16(14-24(20)27-23(19)13-15)26-21-7-3-1-5-17(21)18-6-2-4-8-22(18)26/h1-8,10-15H,9H2. The van der Waals surface area contributed by atoms with E-state index in [9.17, 15) is 0 Å². The first-order valence-electron chi connectivity index (χ1n) is 9.17. The van der Waals surface area contributed by atoms with Crippen LogP contribution in [0.5, 0.6) is 0 Å². The van der Waals surface area contributed by atoms with E-state index in [2.05, 4.69) is 99.4 Å². The molecule has 2 aromatic heterocycles.